The first kappa shape index (κ1) is 23.0. The summed E-state index contributed by atoms with van der Waals surface area (Å²) >= 11 is 11.4. The first-order valence-electron chi connectivity index (χ1n) is 10.1. The lowest BCUT2D eigenvalue weighted by atomic mass is 10.2. The summed E-state index contributed by atoms with van der Waals surface area (Å²) in [4.78, 5) is 24.3. The van der Waals surface area contributed by atoms with Crippen LogP contribution < -0.4 is 16.0 Å². The average molecular weight is 492 g/mol. The molecule has 9 heteroatoms. The third-order valence-electron chi connectivity index (χ3n) is 4.54. The summed E-state index contributed by atoms with van der Waals surface area (Å²) in [7, 11) is 0. The van der Waals surface area contributed by atoms with Crippen LogP contribution in [0.5, 0.6) is 0 Å². The smallest absolute Gasteiger partial charge is 0.291 e. The Morgan fingerprint density at radius 1 is 0.941 bits per heavy atom. The lowest BCUT2D eigenvalue weighted by Gasteiger charge is -2.11. The Balaban J connectivity index is 1.30. The minimum absolute atomic E-state index is 0.0857. The standard InChI is InChI=1S/C25H18ClN3O4S/c26-19-15-17(8-11-20(19)28-24(31)22-7-4-14-32-22)27-25(34)29-23(30)13-10-18-9-12-21(33-18)16-5-2-1-3-6-16/h1-15H,(H,28,31)(H2,27,29,30,34)/b13-10+. The molecular formula is C25H18ClN3O4S. The van der Waals surface area contributed by atoms with Crippen LogP contribution in [0.4, 0.5) is 11.4 Å². The molecule has 0 aliphatic carbocycles. The first-order valence-corrected chi connectivity index (χ1v) is 10.9. The Bertz CT molecular complexity index is 1350. The molecule has 0 bridgehead atoms. The van der Waals surface area contributed by atoms with Crippen molar-refractivity contribution < 1.29 is 18.4 Å². The first-order chi connectivity index (χ1) is 16.5. The highest BCUT2D eigenvalue weighted by molar-refractivity contribution is 7.80. The molecule has 0 fully saturated rings. The van der Waals surface area contributed by atoms with Crippen LogP contribution in [0, 0.1) is 0 Å². The van der Waals surface area contributed by atoms with Crippen molar-refractivity contribution in [1.29, 1.82) is 0 Å². The summed E-state index contributed by atoms with van der Waals surface area (Å²) in [6.45, 7) is 0. The van der Waals surface area contributed by atoms with Gasteiger partial charge in [-0.25, -0.2) is 0 Å². The van der Waals surface area contributed by atoms with Gasteiger partial charge >= 0.3 is 0 Å². The van der Waals surface area contributed by atoms with Crippen LogP contribution in [0.2, 0.25) is 5.02 Å². The molecule has 0 unspecified atom stereocenters. The van der Waals surface area contributed by atoms with Crippen molar-refractivity contribution in [1.82, 2.24) is 5.32 Å². The van der Waals surface area contributed by atoms with E-state index in [2.05, 4.69) is 16.0 Å². The third-order valence-corrected chi connectivity index (χ3v) is 5.06. The van der Waals surface area contributed by atoms with Crippen molar-refractivity contribution >= 4 is 58.2 Å². The lowest BCUT2D eigenvalue weighted by Crippen LogP contribution is -2.32. The summed E-state index contributed by atoms with van der Waals surface area (Å²) in [6, 6.07) is 21.3. The number of furan rings is 2. The highest BCUT2D eigenvalue weighted by Gasteiger charge is 2.12. The van der Waals surface area contributed by atoms with Crippen molar-refractivity contribution in [3.8, 4) is 11.3 Å². The molecule has 2 aromatic carbocycles. The van der Waals surface area contributed by atoms with Gasteiger partial charge in [0, 0.05) is 17.3 Å². The van der Waals surface area contributed by atoms with Gasteiger partial charge in [0.1, 0.15) is 11.5 Å². The number of halogens is 1. The summed E-state index contributed by atoms with van der Waals surface area (Å²) in [5.41, 5.74) is 1.89. The van der Waals surface area contributed by atoms with Gasteiger partial charge in [0.25, 0.3) is 5.91 Å². The molecule has 2 amide bonds. The fourth-order valence-electron chi connectivity index (χ4n) is 2.96. The second kappa shape index (κ2) is 10.7. The SMILES string of the molecule is O=C(/C=C/c1ccc(-c2ccccc2)o1)NC(=S)Nc1ccc(NC(=O)c2ccco2)c(Cl)c1. The van der Waals surface area contributed by atoms with Gasteiger partial charge in [0.2, 0.25) is 5.91 Å². The van der Waals surface area contributed by atoms with Crippen molar-refractivity contribution in [3.05, 3.63) is 102 Å². The van der Waals surface area contributed by atoms with E-state index in [4.69, 9.17) is 32.7 Å². The van der Waals surface area contributed by atoms with Crippen LogP contribution in [0.3, 0.4) is 0 Å². The summed E-state index contributed by atoms with van der Waals surface area (Å²) in [6.07, 6.45) is 4.28. The number of carbonyl (C=O) groups is 2. The number of rotatable bonds is 6. The van der Waals surface area contributed by atoms with E-state index in [1.165, 1.54) is 12.3 Å². The topological polar surface area (TPSA) is 96.5 Å². The van der Waals surface area contributed by atoms with E-state index in [9.17, 15) is 9.59 Å². The fraction of sp³-hybridized carbons (Fsp3) is 0. The molecule has 170 valence electrons. The van der Waals surface area contributed by atoms with Crippen LogP contribution in [0.25, 0.3) is 17.4 Å². The number of hydrogen-bond acceptors (Lipinski definition) is 5. The number of carbonyl (C=O) groups excluding carboxylic acids is 2. The minimum Gasteiger partial charge on any atom is -0.459 e. The Morgan fingerprint density at radius 3 is 2.50 bits per heavy atom. The molecule has 3 N–H and O–H groups in total. The average Bonchev–Trinajstić information content (AvgIpc) is 3.53. The predicted molar refractivity (Wildman–Crippen MR) is 136 cm³/mol. The van der Waals surface area contributed by atoms with Gasteiger partial charge in [0.15, 0.2) is 10.9 Å². The maximum atomic E-state index is 12.2. The van der Waals surface area contributed by atoms with Crippen LogP contribution in [-0.2, 0) is 4.79 Å². The Labute approximate surface area is 205 Å². The van der Waals surface area contributed by atoms with Crippen LogP contribution in [0.15, 0.2) is 94.0 Å². The monoisotopic (exact) mass is 491 g/mol. The van der Waals surface area contributed by atoms with Gasteiger partial charge in [0.05, 0.1) is 17.0 Å². The number of nitrogens with one attached hydrogen (secondary N) is 3. The molecule has 0 spiro atoms. The molecule has 0 saturated carbocycles. The molecule has 0 radical (unpaired) electrons. The summed E-state index contributed by atoms with van der Waals surface area (Å²) in [5.74, 6) is 0.560. The Morgan fingerprint density at radius 2 is 1.76 bits per heavy atom. The molecule has 2 aromatic heterocycles. The minimum atomic E-state index is -0.427. The molecule has 0 aliphatic heterocycles. The number of thiocarbonyl (C=S) groups is 1. The van der Waals surface area contributed by atoms with Gasteiger partial charge in [-0.05, 0) is 60.8 Å². The molecule has 4 rings (SSSR count). The summed E-state index contributed by atoms with van der Waals surface area (Å²) in [5, 5.41) is 8.45. The zero-order valence-electron chi connectivity index (χ0n) is 17.6. The number of benzene rings is 2. The highest BCUT2D eigenvalue weighted by Crippen LogP contribution is 2.26. The van der Waals surface area contributed by atoms with Gasteiger partial charge in [-0.3, -0.25) is 14.9 Å². The molecule has 34 heavy (non-hydrogen) atoms. The normalized spacial score (nSPS) is 10.7. The van der Waals surface area contributed by atoms with E-state index < -0.39 is 11.8 Å². The second-order valence-corrected chi connectivity index (χ2v) is 7.79. The van der Waals surface area contributed by atoms with Gasteiger partial charge in [-0.15, -0.1) is 0 Å². The zero-order valence-corrected chi connectivity index (χ0v) is 19.2. The highest BCUT2D eigenvalue weighted by atomic mass is 35.5. The van der Waals surface area contributed by atoms with E-state index >= 15 is 0 Å². The zero-order chi connectivity index (χ0) is 23.9. The van der Waals surface area contributed by atoms with Crippen molar-refractivity contribution in [2.24, 2.45) is 0 Å². The van der Waals surface area contributed by atoms with E-state index in [0.29, 0.717) is 22.9 Å². The van der Waals surface area contributed by atoms with Gasteiger partial charge < -0.3 is 19.5 Å². The van der Waals surface area contributed by atoms with Crippen molar-refractivity contribution in [2.45, 2.75) is 0 Å². The van der Waals surface area contributed by atoms with Crippen LogP contribution in [-0.4, -0.2) is 16.9 Å². The van der Waals surface area contributed by atoms with E-state index in [-0.39, 0.29) is 15.9 Å². The quantitative estimate of drug-likeness (QED) is 0.227. The predicted octanol–water partition coefficient (Wildman–Crippen LogP) is 5.97. The lowest BCUT2D eigenvalue weighted by molar-refractivity contribution is -0.115. The fourth-order valence-corrected chi connectivity index (χ4v) is 3.41. The number of anilines is 2. The Kier molecular flexibility index (Phi) is 7.22. The van der Waals surface area contributed by atoms with Crippen molar-refractivity contribution in [2.75, 3.05) is 10.6 Å². The van der Waals surface area contributed by atoms with E-state index in [1.54, 1.807) is 42.5 Å². The molecule has 7 nitrogen and oxygen atoms in total. The largest absolute Gasteiger partial charge is 0.459 e. The molecule has 0 saturated heterocycles. The van der Waals surface area contributed by atoms with E-state index in [0.717, 1.165) is 5.56 Å². The number of hydrogen-bond donors (Lipinski definition) is 3. The van der Waals surface area contributed by atoms with Crippen LogP contribution >= 0.6 is 23.8 Å². The van der Waals surface area contributed by atoms with Gasteiger partial charge in [-0.2, -0.15) is 0 Å². The second-order valence-electron chi connectivity index (χ2n) is 6.97. The van der Waals surface area contributed by atoms with Crippen LogP contribution in [0.1, 0.15) is 16.3 Å². The summed E-state index contributed by atoms with van der Waals surface area (Å²) < 4.78 is 10.8. The van der Waals surface area contributed by atoms with Gasteiger partial charge in [-0.1, -0.05) is 41.9 Å². The molecule has 0 atom stereocenters. The van der Waals surface area contributed by atoms with Crippen molar-refractivity contribution in [3.63, 3.8) is 0 Å². The molecular weight excluding hydrogens is 474 g/mol. The maximum Gasteiger partial charge on any atom is 0.291 e. The van der Waals surface area contributed by atoms with E-state index in [1.807, 2.05) is 36.4 Å². The maximum absolute atomic E-state index is 12.2. The number of amides is 2. The molecule has 2 heterocycles. The Hall–Kier alpha value is -4.14. The third kappa shape index (κ3) is 6.00. The molecule has 0 aliphatic rings. The molecule has 4 aromatic rings.